The third-order valence-corrected chi connectivity index (χ3v) is 16.8. The zero-order valence-corrected chi connectivity index (χ0v) is 49.1. The smallest absolute Gasteiger partial charge is 0.394 e. The molecule has 90 heavy (non-hydrogen) atoms. The summed E-state index contributed by atoms with van der Waals surface area (Å²) in [7, 11) is -5.69. The van der Waals surface area contributed by atoms with Crippen LogP contribution in [0.2, 0.25) is 0 Å². The average Bonchev–Trinajstić information content (AvgIpc) is 1.20. The minimum atomic E-state index is -5.69. The molecule has 0 aromatic carbocycles. The Kier molecular flexibility index (Phi) is 26.5. The number of phosphoric ester groups is 1. The first kappa shape index (κ1) is 74.7. The lowest BCUT2D eigenvalue weighted by Crippen LogP contribution is -2.69. The Morgan fingerprint density at radius 1 is 0.467 bits per heavy atom. The SMILES string of the molecule is CC(=O)N[C@@H]1[C@@H](O)[C@H](O[C@@H]2O[C@H](CO)[C@@H](O)[C@H](O)[C@H]2NC(C)=O)[C@@H](COP(=O)(O)O[C@@H]2O[C@H](CO)[C@@H](O)[C@H](O[C@@H]3O[C@@H](C)[C@H](O[C@@H]4O[C@@H]([C@@H](CO)O[C@@H]5O[C@@H]([C@H](O)CO[C@@H]6O[C@@H]([C@H](O)CO)[C@H](O)[C@H]6O)[C@H](O)[C@H]5O)[C@H](O)[C@H]4O)[C@@H](O)[C@H]3O)[C@H]2NC(C)=O)O[C@H]1O. The van der Waals surface area contributed by atoms with Crippen LogP contribution in [0.4, 0.5) is 0 Å². The first-order valence-electron chi connectivity index (χ1n) is 28.2. The topological polar surface area (TPSA) is 638 Å². The zero-order valence-electron chi connectivity index (χ0n) is 48.2. The first-order valence-corrected chi connectivity index (χ1v) is 29.7. The highest BCUT2D eigenvalue weighted by Crippen LogP contribution is 2.48. The molecule has 42 heteroatoms. The van der Waals surface area contributed by atoms with Crippen LogP contribution in [0.5, 0.6) is 0 Å². The summed E-state index contributed by atoms with van der Waals surface area (Å²) in [6.07, 6.45) is -60.0. The van der Waals surface area contributed by atoms with Crippen molar-refractivity contribution in [2.45, 2.75) is 242 Å². The maximum atomic E-state index is 13.9. The van der Waals surface area contributed by atoms with Gasteiger partial charge in [0, 0.05) is 20.8 Å². The Bertz CT molecular complexity index is 2370. The van der Waals surface area contributed by atoms with Crippen LogP contribution in [0.25, 0.3) is 0 Å². The fourth-order valence-corrected chi connectivity index (χ4v) is 12.0. The molecule has 0 spiro atoms. The van der Waals surface area contributed by atoms with Gasteiger partial charge in [0.25, 0.3) is 0 Å². The Hall–Kier alpha value is -2.72. The van der Waals surface area contributed by atoms with Crippen molar-refractivity contribution in [3.8, 4) is 0 Å². The van der Waals surface area contributed by atoms with E-state index >= 15 is 0 Å². The maximum absolute atomic E-state index is 13.9. The summed E-state index contributed by atoms with van der Waals surface area (Å²) < 4.78 is 91.7. The highest BCUT2D eigenvalue weighted by molar-refractivity contribution is 7.47. The summed E-state index contributed by atoms with van der Waals surface area (Å²) in [4.78, 5) is 48.1. The number of phosphoric acid groups is 1. The number of hydrogen-bond donors (Lipinski definition) is 23. The Morgan fingerprint density at radius 3 is 1.56 bits per heavy atom. The predicted octanol–water partition coefficient (Wildman–Crippen LogP) is -14.7. The molecule has 0 saturated carbocycles. The van der Waals surface area contributed by atoms with E-state index in [1.165, 1.54) is 6.92 Å². The summed E-state index contributed by atoms with van der Waals surface area (Å²) in [5, 5.41) is 209. The fourth-order valence-electron chi connectivity index (χ4n) is 11.1. The highest BCUT2D eigenvalue weighted by atomic mass is 31.2. The van der Waals surface area contributed by atoms with Crippen molar-refractivity contribution in [2.24, 2.45) is 0 Å². The van der Waals surface area contributed by atoms with Gasteiger partial charge in [-0.1, -0.05) is 0 Å². The van der Waals surface area contributed by atoms with E-state index in [-0.39, 0.29) is 0 Å². The van der Waals surface area contributed by atoms with Crippen molar-refractivity contribution < 1.29 is 187 Å². The molecule has 7 saturated heterocycles. The number of aliphatic hydroxyl groups is 19. The Balaban J connectivity index is 0.987. The normalized spacial score (nSPS) is 46.6. The molecule has 7 fully saturated rings. The summed E-state index contributed by atoms with van der Waals surface area (Å²) in [5.74, 6) is -2.55. The molecule has 7 aliphatic rings. The van der Waals surface area contributed by atoms with Gasteiger partial charge in [-0.2, -0.15) is 0 Å². The molecule has 7 heterocycles. The van der Waals surface area contributed by atoms with Crippen molar-refractivity contribution in [1.82, 2.24) is 16.0 Å². The summed E-state index contributed by atoms with van der Waals surface area (Å²) in [6.45, 7) is -1.74. The number of ether oxygens (including phenoxy) is 12. The van der Waals surface area contributed by atoms with Crippen LogP contribution in [-0.2, 0) is 84.8 Å². The van der Waals surface area contributed by atoms with Crippen LogP contribution in [0.15, 0.2) is 0 Å². The molecular weight excluding hydrogens is 1260 g/mol. The van der Waals surface area contributed by atoms with E-state index in [0.29, 0.717) is 0 Å². The lowest BCUT2D eigenvalue weighted by atomic mass is 9.94. The molecule has 23 N–H and O–H groups in total. The van der Waals surface area contributed by atoms with E-state index < -0.39 is 280 Å². The summed E-state index contributed by atoms with van der Waals surface area (Å²) in [5.41, 5.74) is 0. The molecule has 0 radical (unpaired) electrons. The number of aliphatic hydroxyl groups excluding tert-OH is 19. The second kappa shape index (κ2) is 31.9. The second-order valence-corrected chi connectivity index (χ2v) is 23.8. The van der Waals surface area contributed by atoms with Gasteiger partial charge in [-0.05, 0) is 6.92 Å². The van der Waals surface area contributed by atoms with E-state index in [1.807, 2.05) is 0 Å². The number of carbonyl (C=O) groups is 3. The van der Waals surface area contributed by atoms with Crippen molar-refractivity contribution in [2.75, 3.05) is 39.6 Å². The van der Waals surface area contributed by atoms with Gasteiger partial charge < -0.3 is 175 Å². The third-order valence-electron chi connectivity index (χ3n) is 15.8. The van der Waals surface area contributed by atoms with Crippen LogP contribution in [-0.4, -0.2) is 374 Å². The van der Waals surface area contributed by atoms with Gasteiger partial charge in [0.15, 0.2) is 44.0 Å². The van der Waals surface area contributed by atoms with Crippen LogP contribution < -0.4 is 16.0 Å². The minimum absolute atomic E-state index is 0.791. The number of nitrogens with one attached hydrogen (secondary N) is 3. The third kappa shape index (κ3) is 16.9. The Morgan fingerprint density at radius 2 is 0.956 bits per heavy atom. The second-order valence-electron chi connectivity index (χ2n) is 22.4. The van der Waals surface area contributed by atoms with E-state index in [0.717, 1.165) is 20.8 Å². The molecule has 36 atom stereocenters. The number of rotatable bonds is 26. The summed E-state index contributed by atoms with van der Waals surface area (Å²) >= 11 is 0. The average molecular weight is 1340 g/mol. The molecule has 0 bridgehead atoms. The van der Waals surface area contributed by atoms with E-state index in [9.17, 15) is 121 Å². The molecule has 41 nitrogen and oxygen atoms in total. The molecule has 0 aromatic rings. The zero-order chi connectivity index (χ0) is 66.7. The number of carbonyl (C=O) groups excluding carboxylic acids is 3. The molecular formula is C48H82N3O38P. The quantitative estimate of drug-likeness (QED) is 0.0358. The highest BCUT2D eigenvalue weighted by Gasteiger charge is 2.58. The Labute approximate surface area is 509 Å². The van der Waals surface area contributed by atoms with E-state index in [4.69, 9.17) is 65.9 Å². The van der Waals surface area contributed by atoms with Gasteiger partial charge in [-0.15, -0.1) is 0 Å². The molecule has 7 rings (SSSR count). The van der Waals surface area contributed by atoms with Gasteiger partial charge in [0.05, 0.1) is 45.7 Å². The predicted molar refractivity (Wildman–Crippen MR) is 276 cm³/mol. The van der Waals surface area contributed by atoms with Crippen LogP contribution in [0.1, 0.15) is 27.7 Å². The van der Waals surface area contributed by atoms with Crippen LogP contribution in [0.3, 0.4) is 0 Å². The van der Waals surface area contributed by atoms with Gasteiger partial charge in [0.2, 0.25) is 17.7 Å². The first-order chi connectivity index (χ1) is 42.3. The molecule has 1 unspecified atom stereocenters. The molecule has 0 aromatic heterocycles. The molecule has 7 aliphatic heterocycles. The van der Waals surface area contributed by atoms with E-state index in [1.54, 1.807) is 0 Å². The van der Waals surface area contributed by atoms with Crippen molar-refractivity contribution in [1.29, 1.82) is 0 Å². The molecule has 3 amide bonds. The van der Waals surface area contributed by atoms with E-state index in [2.05, 4.69) is 16.0 Å². The van der Waals surface area contributed by atoms with Crippen molar-refractivity contribution >= 4 is 25.5 Å². The van der Waals surface area contributed by atoms with Gasteiger partial charge in [0.1, 0.15) is 165 Å². The molecule has 0 aliphatic carbocycles. The number of amides is 3. The van der Waals surface area contributed by atoms with Gasteiger partial charge in [-0.25, -0.2) is 4.57 Å². The lowest BCUT2D eigenvalue weighted by Gasteiger charge is -2.48. The van der Waals surface area contributed by atoms with Crippen LogP contribution in [0, 0.1) is 0 Å². The minimum Gasteiger partial charge on any atom is -0.394 e. The lowest BCUT2D eigenvalue weighted by molar-refractivity contribution is -0.351. The summed E-state index contributed by atoms with van der Waals surface area (Å²) in [6, 6.07) is -5.29. The van der Waals surface area contributed by atoms with Crippen molar-refractivity contribution in [3.63, 3.8) is 0 Å². The van der Waals surface area contributed by atoms with Gasteiger partial charge >= 0.3 is 7.82 Å². The largest absolute Gasteiger partial charge is 0.474 e. The van der Waals surface area contributed by atoms with Gasteiger partial charge in [-0.3, -0.25) is 23.4 Å². The van der Waals surface area contributed by atoms with Crippen molar-refractivity contribution in [3.05, 3.63) is 0 Å². The number of hydrogen-bond acceptors (Lipinski definition) is 37. The standard InChI is InChI=1S/C48H82N3O38P/c1-11-36(83-48-35(72)31(68)39(87-48)19(8-55)82-47-34(71)30(67)38(85-47)16(60)9-76-45-32(69)29(66)37(84-45)15(59)5-52)28(65)33(70)46(78-11)88-41-23(51-14(4)58)44(81-18(7-54)25(41)62)89-90(74,75)77-10-20-40(27(64)21(42(73)79-20)49-12(2)56)86-43-22(50-13(3)57)26(63)24(61)17(6-53)80-43/h11,15-48,52-55,59-73H,5-10H2,1-4H3,(H,49,56)(H,50,57)(H,51,58)(H,74,75)/t11-,15+,16+,17+,18+,19+,20+,21+,22+,23+,24+,25+,26+,27+,28-,29+,30+,31+,32+,33+,34+,35+,36-,37-,38-,39-,40+,41+,42+,43-,44-,45+,46-,47+,48+/m0/s1. The fraction of sp³-hybridized carbons (Fsp3) is 0.938. The molecule has 522 valence electrons. The maximum Gasteiger partial charge on any atom is 0.474 e. The van der Waals surface area contributed by atoms with Crippen LogP contribution >= 0.6 is 7.82 Å². The monoisotopic (exact) mass is 1340 g/mol.